The van der Waals surface area contributed by atoms with Gasteiger partial charge in [0.15, 0.2) is 0 Å². The number of aromatic nitrogens is 2. The lowest BCUT2D eigenvalue weighted by Gasteiger charge is -1.97. The van der Waals surface area contributed by atoms with Gasteiger partial charge in [0.05, 0.1) is 5.56 Å². The van der Waals surface area contributed by atoms with E-state index in [1.54, 1.807) is 6.07 Å². The summed E-state index contributed by atoms with van der Waals surface area (Å²) < 4.78 is 18.7. The van der Waals surface area contributed by atoms with E-state index < -0.39 is 0 Å². The second-order valence-electron chi connectivity index (χ2n) is 2.48. The number of benzene rings is 1. The second kappa shape index (κ2) is 3.78. The number of rotatable bonds is 1. The summed E-state index contributed by atoms with van der Waals surface area (Å²) in [7, 11) is 0. The summed E-state index contributed by atoms with van der Waals surface area (Å²) in [6.45, 7) is 0. The third kappa shape index (κ3) is 1.85. The van der Waals surface area contributed by atoms with Crippen LogP contribution in [-0.4, -0.2) is 10.2 Å². The van der Waals surface area contributed by atoms with Crippen molar-refractivity contribution in [2.75, 3.05) is 0 Å². The molecule has 0 aliphatic rings. The van der Waals surface area contributed by atoms with Crippen LogP contribution in [0.2, 0.25) is 0 Å². The molecule has 0 N–H and O–H groups in total. The second-order valence-corrected chi connectivity index (χ2v) is 4.02. The normalized spacial score (nSPS) is 10.5. The van der Waals surface area contributed by atoms with E-state index in [9.17, 15) is 4.39 Å². The van der Waals surface area contributed by atoms with Crippen molar-refractivity contribution in [2.45, 2.75) is 0 Å². The lowest BCUT2D eigenvalue weighted by Crippen LogP contribution is -1.82. The molecule has 1 heterocycles. The van der Waals surface area contributed by atoms with Crippen LogP contribution in [0, 0.1) is 5.82 Å². The van der Waals surface area contributed by atoms with Crippen molar-refractivity contribution in [2.24, 2.45) is 0 Å². The van der Waals surface area contributed by atoms with Crippen LogP contribution >= 0.6 is 31.9 Å². The first kappa shape index (κ1) is 9.79. The quantitative estimate of drug-likeness (QED) is 0.808. The molecule has 6 heteroatoms. The fourth-order valence-electron chi connectivity index (χ4n) is 0.976. The van der Waals surface area contributed by atoms with Gasteiger partial charge in [-0.15, -0.1) is 10.2 Å². The first-order valence-electron chi connectivity index (χ1n) is 3.61. The van der Waals surface area contributed by atoms with Crippen LogP contribution in [-0.2, 0) is 0 Å². The average molecular weight is 322 g/mol. The smallest absolute Gasteiger partial charge is 0.285 e. The zero-order valence-corrected chi connectivity index (χ0v) is 9.84. The minimum absolute atomic E-state index is 0.267. The molecule has 2 rings (SSSR count). The van der Waals surface area contributed by atoms with Gasteiger partial charge in [0, 0.05) is 20.4 Å². The monoisotopic (exact) mass is 320 g/mol. The molecule has 0 fully saturated rings. The zero-order chi connectivity index (χ0) is 10.1. The molecule has 0 unspecified atom stereocenters. The molecule has 14 heavy (non-hydrogen) atoms. The van der Waals surface area contributed by atoms with Crippen molar-refractivity contribution >= 4 is 31.9 Å². The van der Waals surface area contributed by atoms with Gasteiger partial charge in [-0.1, -0.05) is 0 Å². The Balaban J connectivity index is 2.55. The van der Waals surface area contributed by atoms with Crippen molar-refractivity contribution in [1.82, 2.24) is 10.2 Å². The van der Waals surface area contributed by atoms with Gasteiger partial charge >= 0.3 is 0 Å². The van der Waals surface area contributed by atoms with Gasteiger partial charge in [-0.05, 0) is 34.1 Å². The Kier molecular flexibility index (Phi) is 2.64. The van der Waals surface area contributed by atoms with Gasteiger partial charge in [-0.3, -0.25) is 0 Å². The highest BCUT2D eigenvalue weighted by molar-refractivity contribution is 9.10. The molecule has 1 aromatic carbocycles. The molecule has 0 radical (unpaired) electrons. The minimum Gasteiger partial charge on any atom is -0.411 e. The van der Waals surface area contributed by atoms with Gasteiger partial charge in [-0.2, -0.15) is 0 Å². The van der Waals surface area contributed by atoms with Crippen LogP contribution in [0.5, 0.6) is 0 Å². The maximum atomic E-state index is 12.9. The Bertz CT molecular complexity index is 472. The van der Waals surface area contributed by atoms with Crippen LogP contribution in [0.3, 0.4) is 0 Å². The molecule has 0 atom stereocenters. The molecule has 0 aliphatic carbocycles. The predicted octanol–water partition coefficient (Wildman–Crippen LogP) is 3.40. The third-order valence-electron chi connectivity index (χ3n) is 1.56. The van der Waals surface area contributed by atoms with Crippen molar-refractivity contribution in [3.8, 4) is 11.5 Å². The van der Waals surface area contributed by atoms with Gasteiger partial charge in [0.1, 0.15) is 5.82 Å². The molecule has 0 spiro atoms. The molecule has 0 amide bonds. The highest BCUT2D eigenvalue weighted by Crippen LogP contribution is 2.28. The molecule has 0 aliphatic heterocycles. The average Bonchev–Trinajstić information content (AvgIpc) is 2.56. The maximum absolute atomic E-state index is 12.9. The standard InChI is InChI=1S/C8H3Br2FN2O/c9-6-2-1-4(11)3-5(6)7-12-13-8(10)14-7/h1-3H. The Morgan fingerprint density at radius 2 is 2.00 bits per heavy atom. The molecule has 0 bridgehead atoms. The van der Waals surface area contributed by atoms with Gasteiger partial charge < -0.3 is 4.42 Å². The SMILES string of the molecule is Fc1ccc(Br)c(-c2nnc(Br)o2)c1. The highest BCUT2D eigenvalue weighted by Gasteiger charge is 2.11. The van der Waals surface area contributed by atoms with Crippen molar-refractivity contribution in [1.29, 1.82) is 0 Å². The van der Waals surface area contributed by atoms with E-state index in [0.717, 1.165) is 0 Å². The zero-order valence-electron chi connectivity index (χ0n) is 6.67. The summed E-state index contributed by atoms with van der Waals surface area (Å²) >= 11 is 6.29. The van der Waals surface area contributed by atoms with Crippen molar-refractivity contribution in [3.63, 3.8) is 0 Å². The summed E-state index contributed by atoms with van der Waals surface area (Å²) in [5, 5.41) is 7.35. The summed E-state index contributed by atoms with van der Waals surface area (Å²) in [5.74, 6) is -0.0826. The predicted molar refractivity (Wildman–Crippen MR) is 55.1 cm³/mol. The van der Waals surface area contributed by atoms with Crippen LogP contribution in [0.15, 0.2) is 31.9 Å². The molecular weight excluding hydrogens is 319 g/mol. The number of halogens is 3. The molecule has 1 aromatic heterocycles. The van der Waals surface area contributed by atoms with Crippen LogP contribution in [0.4, 0.5) is 4.39 Å². The Hall–Kier alpha value is -0.750. The lowest BCUT2D eigenvalue weighted by molar-refractivity contribution is 0.539. The fraction of sp³-hybridized carbons (Fsp3) is 0. The maximum Gasteiger partial charge on any atom is 0.285 e. The van der Waals surface area contributed by atoms with Crippen molar-refractivity contribution in [3.05, 3.63) is 33.3 Å². The van der Waals surface area contributed by atoms with E-state index in [2.05, 4.69) is 42.1 Å². The molecule has 0 saturated heterocycles. The number of nitrogens with zero attached hydrogens (tertiary/aromatic N) is 2. The van der Waals surface area contributed by atoms with E-state index >= 15 is 0 Å². The van der Waals surface area contributed by atoms with Crippen LogP contribution < -0.4 is 0 Å². The molecular formula is C8H3Br2FN2O. The molecule has 3 nitrogen and oxygen atoms in total. The van der Waals surface area contributed by atoms with Gasteiger partial charge in [0.2, 0.25) is 5.89 Å². The summed E-state index contributed by atoms with van der Waals surface area (Å²) in [5.41, 5.74) is 0.531. The number of hydrogen-bond donors (Lipinski definition) is 0. The largest absolute Gasteiger partial charge is 0.411 e. The Morgan fingerprint density at radius 3 is 2.64 bits per heavy atom. The Morgan fingerprint density at radius 1 is 1.21 bits per heavy atom. The first-order chi connectivity index (χ1) is 6.66. The fourth-order valence-corrected chi connectivity index (χ4v) is 1.62. The topological polar surface area (TPSA) is 38.9 Å². The van der Waals surface area contributed by atoms with E-state index in [-0.39, 0.29) is 16.5 Å². The summed E-state index contributed by atoms with van der Waals surface area (Å²) in [4.78, 5) is 0.267. The molecule has 2 aromatic rings. The first-order valence-corrected chi connectivity index (χ1v) is 5.20. The third-order valence-corrected chi connectivity index (χ3v) is 2.57. The van der Waals surface area contributed by atoms with E-state index in [4.69, 9.17) is 4.42 Å². The number of hydrogen-bond acceptors (Lipinski definition) is 3. The van der Waals surface area contributed by atoms with E-state index in [1.165, 1.54) is 12.1 Å². The minimum atomic E-state index is -0.350. The Labute approximate surface area is 95.6 Å². The summed E-state index contributed by atoms with van der Waals surface area (Å²) in [6, 6.07) is 4.26. The van der Waals surface area contributed by atoms with Gasteiger partial charge in [0.25, 0.3) is 4.80 Å². The lowest BCUT2D eigenvalue weighted by atomic mass is 10.2. The van der Waals surface area contributed by atoms with E-state index in [0.29, 0.717) is 10.0 Å². The summed E-state index contributed by atoms with van der Waals surface area (Å²) in [6.07, 6.45) is 0. The highest BCUT2D eigenvalue weighted by atomic mass is 79.9. The molecule has 0 saturated carbocycles. The van der Waals surface area contributed by atoms with Crippen molar-refractivity contribution < 1.29 is 8.81 Å². The van der Waals surface area contributed by atoms with E-state index in [1.807, 2.05) is 0 Å². The van der Waals surface area contributed by atoms with Gasteiger partial charge in [-0.25, -0.2) is 4.39 Å². The van der Waals surface area contributed by atoms with Crippen LogP contribution in [0.25, 0.3) is 11.5 Å². The van der Waals surface area contributed by atoms with Crippen LogP contribution in [0.1, 0.15) is 0 Å². The molecule has 72 valence electrons.